The van der Waals surface area contributed by atoms with Gasteiger partial charge in [0.2, 0.25) is 0 Å². The smallest absolute Gasteiger partial charge is 0.317 e. The van der Waals surface area contributed by atoms with Crippen molar-refractivity contribution in [1.82, 2.24) is 10.2 Å². The average Bonchev–Trinajstić information content (AvgIpc) is 2.51. The Morgan fingerprint density at radius 3 is 2.55 bits per heavy atom. The van der Waals surface area contributed by atoms with Crippen LogP contribution in [-0.4, -0.2) is 53.8 Å². The normalized spacial score (nSPS) is 33.1. The standard InChI is InChI=1S/C16H26N2O4/c19-15(20)12-8-13(9-12)17-16(21)18-6-7-22-14(10-18)11-4-2-1-3-5-11/h11-14H,1-10H2,(H,17,21)(H,19,20). The molecule has 22 heavy (non-hydrogen) atoms. The highest BCUT2D eigenvalue weighted by Gasteiger charge is 2.37. The number of amides is 2. The Morgan fingerprint density at radius 2 is 1.86 bits per heavy atom. The summed E-state index contributed by atoms with van der Waals surface area (Å²) >= 11 is 0. The van der Waals surface area contributed by atoms with E-state index in [1.807, 2.05) is 4.90 Å². The Labute approximate surface area is 131 Å². The first-order chi connectivity index (χ1) is 10.6. The second-order valence-electron chi connectivity index (χ2n) is 6.91. The first-order valence-corrected chi connectivity index (χ1v) is 8.53. The average molecular weight is 310 g/mol. The monoisotopic (exact) mass is 310 g/mol. The van der Waals surface area contributed by atoms with E-state index >= 15 is 0 Å². The molecule has 1 atom stereocenters. The molecular formula is C16H26N2O4. The van der Waals surface area contributed by atoms with Crippen LogP contribution in [0.1, 0.15) is 44.9 Å². The van der Waals surface area contributed by atoms with Gasteiger partial charge in [-0.2, -0.15) is 0 Å². The van der Waals surface area contributed by atoms with E-state index in [-0.39, 0.29) is 24.1 Å². The van der Waals surface area contributed by atoms with Crippen molar-refractivity contribution < 1.29 is 19.4 Å². The van der Waals surface area contributed by atoms with Gasteiger partial charge < -0.3 is 20.1 Å². The summed E-state index contributed by atoms with van der Waals surface area (Å²) in [6.07, 6.45) is 7.57. The molecule has 6 nitrogen and oxygen atoms in total. The fourth-order valence-electron chi connectivity index (χ4n) is 3.85. The third-order valence-corrected chi connectivity index (χ3v) is 5.37. The number of ether oxygens (including phenoxy) is 1. The molecule has 3 rings (SSSR count). The molecule has 0 aromatic rings. The van der Waals surface area contributed by atoms with Gasteiger partial charge in [-0.3, -0.25) is 4.79 Å². The SMILES string of the molecule is O=C(O)C1CC(NC(=O)N2CCOC(C3CCCCC3)C2)C1. The van der Waals surface area contributed by atoms with Crippen LogP contribution in [0.3, 0.4) is 0 Å². The van der Waals surface area contributed by atoms with Gasteiger partial charge in [-0.25, -0.2) is 4.79 Å². The van der Waals surface area contributed by atoms with E-state index < -0.39 is 5.97 Å². The lowest BCUT2D eigenvalue weighted by Gasteiger charge is -2.40. The molecule has 0 bridgehead atoms. The summed E-state index contributed by atoms with van der Waals surface area (Å²) in [5, 5.41) is 11.8. The van der Waals surface area contributed by atoms with Crippen LogP contribution in [0.25, 0.3) is 0 Å². The molecule has 0 aromatic heterocycles. The van der Waals surface area contributed by atoms with Crippen LogP contribution >= 0.6 is 0 Å². The van der Waals surface area contributed by atoms with Crippen LogP contribution in [0.5, 0.6) is 0 Å². The molecular weight excluding hydrogens is 284 g/mol. The van der Waals surface area contributed by atoms with E-state index in [4.69, 9.17) is 9.84 Å². The highest BCUT2D eigenvalue weighted by molar-refractivity contribution is 5.76. The van der Waals surface area contributed by atoms with Gasteiger partial charge >= 0.3 is 12.0 Å². The molecule has 0 radical (unpaired) electrons. The lowest BCUT2D eigenvalue weighted by molar-refractivity contribution is -0.145. The predicted octanol–water partition coefficient (Wildman–Crippen LogP) is 1.84. The van der Waals surface area contributed by atoms with Gasteiger partial charge in [0.05, 0.1) is 18.6 Å². The molecule has 3 aliphatic rings. The van der Waals surface area contributed by atoms with E-state index in [1.165, 1.54) is 32.1 Å². The van der Waals surface area contributed by atoms with E-state index in [1.54, 1.807) is 0 Å². The maximum atomic E-state index is 12.3. The lowest BCUT2D eigenvalue weighted by Crippen LogP contribution is -2.56. The van der Waals surface area contributed by atoms with Crippen molar-refractivity contribution in [1.29, 1.82) is 0 Å². The molecule has 1 unspecified atom stereocenters. The van der Waals surface area contributed by atoms with Crippen molar-refractivity contribution >= 4 is 12.0 Å². The number of hydrogen-bond acceptors (Lipinski definition) is 3. The summed E-state index contributed by atoms with van der Waals surface area (Å²) in [5.41, 5.74) is 0. The van der Waals surface area contributed by atoms with Crippen LogP contribution < -0.4 is 5.32 Å². The zero-order chi connectivity index (χ0) is 15.5. The van der Waals surface area contributed by atoms with Gasteiger partial charge in [-0.1, -0.05) is 19.3 Å². The second-order valence-corrected chi connectivity index (χ2v) is 6.91. The van der Waals surface area contributed by atoms with Crippen molar-refractivity contribution in [3.8, 4) is 0 Å². The van der Waals surface area contributed by atoms with Crippen LogP contribution in [0.4, 0.5) is 4.79 Å². The third-order valence-electron chi connectivity index (χ3n) is 5.37. The summed E-state index contributed by atoms with van der Waals surface area (Å²) in [7, 11) is 0. The maximum Gasteiger partial charge on any atom is 0.317 e. The minimum atomic E-state index is -0.755. The minimum absolute atomic E-state index is 0.0181. The molecule has 2 aliphatic carbocycles. The first-order valence-electron chi connectivity index (χ1n) is 8.53. The summed E-state index contributed by atoms with van der Waals surface area (Å²) in [6.45, 7) is 1.91. The molecule has 2 N–H and O–H groups in total. The highest BCUT2D eigenvalue weighted by atomic mass is 16.5. The number of aliphatic carboxylic acids is 1. The van der Waals surface area contributed by atoms with Crippen molar-refractivity contribution in [2.45, 2.75) is 57.1 Å². The van der Waals surface area contributed by atoms with Gasteiger partial charge in [-0.05, 0) is 31.6 Å². The quantitative estimate of drug-likeness (QED) is 0.833. The lowest BCUT2D eigenvalue weighted by atomic mass is 9.80. The van der Waals surface area contributed by atoms with E-state index in [2.05, 4.69) is 5.32 Å². The molecule has 2 amide bonds. The summed E-state index contributed by atoms with van der Waals surface area (Å²) in [6, 6.07) is -0.0393. The highest BCUT2D eigenvalue weighted by Crippen LogP contribution is 2.30. The molecule has 3 fully saturated rings. The molecule has 1 heterocycles. The van der Waals surface area contributed by atoms with Crippen LogP contribution in [-0.2, 0) is 9.53 Å². The number of morpholine rings is 1. The number of carbonyl (C=O) groups excluding carboxylic acids is 1. The summed E-state index contributed by atoms with van der Waals surface area (Å²) in [5.74, 6) is -0.455. The zero-order valence-electron chi connectivity index (χ0n) is 13.0. The van der Waals surface area contributed by atoms with Gasteiger partial charge in [-0.15, -0.1) is 0 Å². The number of carboxylic acid groups (broad SMARTS) is 1. The molecule has 6 heteroatoms. The number of nitrogens with zero attached hydrogens (tertiary/aromatic N) is 1. The Morgan fingerprint density at radius 1 is 1.14 bits per heavy atom. The summed E-state index contributed by atoms with van der Waals surface area (Å²) < 4.78 is 5.89. The summed E-state index contributed by atoms with van der Waals surface area (Å²) in [4.78, 5) is 25.0. The maximum absolute atomic E-state index is 12.3. The fraction of sp³-hybridized carbons (Fsp3) is 0.875. The van der Waals surface area contributed by atoms with Crippen molar-refractivity contribution in [2.24, 2.45) is 11.8 Å². The van der Waals surface area contributed by atoms with Gasteiger partial charge in [0.15, 0.2) is 0 Å². The number of carboxylic acids is 1. The topological polar surface area (TPSA) is 78.9 Å². The molecule has 1 saturated heterocycles. The molecule has 0 aromatic carbocycles. The van der Waals surface area contributed by atoms with Crippen LogP contribution in [0.2, 0.25) is 0 Å². The Bertz CT molecular complexity index is 416. The number of carbonyl (C=O) groups is 2. The van der Waals surface area contributed by atoms with Crippen molar-refractivity contribution in [3.63, 3.8) is 0 Å². The van der Waals surface area contributed by atoms with Crippen LogP contribution in [0, 0.1) is 11.8 Å². The predicted molar refractivity (Wildman–Crippen MR) is 80.6 cm³/mol. The number of urea groups is 1. The van der Waals surface area contributed by atoms with E-state index in [0.717, 1.165) is 0 Å². The van der Waals surface area contributed by atoms with Gasteiger partial charge in [0, 0.05) is 19.1 Å². The van der Waals surface area contributed by atoms with Crippen molar-refractivity contribution in [2.75, 3.05) is 19.7 Å². The molecule has 1 aliphatic heterocycles. The van der Waals surface area contributed by atoms with E-state index in [9.17, 15) is 9.59 Å². The Balaban J connectivity index is 1.45. The number of nitrogens with one attached hydrogen (secondary N) is 1. The largest absolute Gasteiger partial charge is 0.481 e. The molecule has 0 spiro atoms. The van der Waals surface area contributed by atoms with Gasteiger partial charge in [0.1, 0.15) is 0 Å². The molecule has 124 valence electrons. The fourth-order valence-corrected chi connectivity index (χ4v) is 3.85. The minimum Gasteiger partial charge on any atom is -0.481 e. The number of rotatable bonds is 3. The third kappa shape index (κ3) is 3.54. The number of hydrogen-bond donors (Lipinski definition) is 2. The molecule has 2 saturated carbocycles. The Hall–Kier alpha value is -1.30. The van der Waals surface area contributed by atoms with Crippen LogP contribution in [0.15, 0.2) is 0 Å². The van der Waals surface area contributed by atoms with Crippen molar-refractivity contribution in [3.05, 3.63) is 0 Å². The first kappa shape index (κ1) is 15.6. The Kier molecular flexibility index (Phi) is 4.86. The zero-order valence-corrected chi connectivity index (χ0v) is 13.0. The second kappa shape index (κ2) is 6.86. The van der Waals surface area contributed by atoms with Gasteiger partial charge in [0.25, 0.3) is 0 Å². The van der Waals surface area contributed by atoms with E-state index in [0.29, 0.717) is 38.5 Å².